The van der Waals surface area contributed by atoms with Gasteiger partial charge in [-0.3, -0.25) is 0 Å². The molecule has 7 atom stereocenters. The summed E-state index contributed by atoms with van der Waals surface area (Å²) in [6, 6.07) is 0. The molecule has 0 unspecified atom stereocenters. The normalized spacial score (nSPS) is 54.9. The van der Waals surface area contributed by atoms with Gasteiger partial charge in [-0.1, -0.05) is 66.9 Å². The van der Waals surface area contributed by atoms with E-state index in [1.807, 2.05) is 0 Å². The quantitative estimate of drug-likeness (QED) is 0.462. The van der Waals surface area contributed by atoms with Gasteiger partial charge >= 0.3 is 0 Å². The van der Waals surface area contributed by atoms with E-state index in [-0.39, 0.29) is 15.8 Å². The van der Waals surface area contributed by atoms with E-state index in [1.165, 1.54) is 32.1 Å². The van der Waals surface area contributed by atoms with E-state index in [4.69, 9.17) is 0 Å². The fraction of sp³-hybridized carbons (Fsp3) is 0.810. The Morgan fingerprint density at radius 3 is 2.74 bits per heavy atom. The maximum absolute atomic E-state index is 11.4. The second-order valence-electron chi connectivity index (χ2n) is 9.00. The zero-order valence-electron chi connectivity index (χ0n) is 14.8. The lowest BCUT2D eigenvalue weighted by Gasteiger charge is -2.64. The van der Waals surface area contributed by atoms with Crippen LogP contribution in [0.4, 0.5) is 0 Å². The number of allylic oxidation sites excluding steroid dienone is 4. The van der Waals surface area contributed by atoms with Gasteiger partial charge in [-0.15, -0.1) is 0 Å². The first-order valence-corrected chi connectivity index (χ1v) is 10.4. The zero-order valence-corrected chi connectivity index (χ0v) is 16.4. The van der Waals surface area contributed by atoms with Crippen molar-refractivity contribution in [2.24, 2.45) is 28.6 Å². The molecule has 0 bridgehead atoms. The van der Waals surface area contributed by atoms with Crippen LogP contribution in [-0.4, -0.2) is 15.5 Å². The van der Waals surface area contributed by atoms with Crippen LogP contribution < -0.4 is 0 Å². The molecule has 0 aliphatic heterocycles. The summed E-state index contributed by atoms with van der Waals surface area (Å²) in [6.45, 7) is 7.19. The summed E-state index contributed by atoms with van der Waals surface area (Å²) in [6.07, 6.45) is 15.4. The molecule has 4 aliphatic rings. The van der Waals surface area contributed by atoms with E-state index in [9.17, 15) is 5.11 Å². The molecule has 128 valence electrons. The van der Waals surface area contributed by atoms with Gasteiger partial charge in [0.25, 0.3) is 0 Å². The van der Waals surface area contributed by atoms with Crippen LogP contribution in [0.1, 0.15) is 65.7 Å². The fourth-order valence-electron chi connectivity index (χ4n) is 7.12. The Morgan fingerprint density at radius 1 is 1.22 bits per heavy atom. The van der Waals surface area contributed by atoms with Gasteiger partial charge < -0.3 is 5.11 Å². The highest BCUT2D eigenvalue weighted by atomic mass is 79.9. The van der Waals surface area contributed by atoms with Crippen LogP contribution >= 0.6 is 15.9 Å². The summed E-state index contributed by atoms with van der Waals surface area (Å²) in [5.41, 5.74) is 1.88. The summed E-state index contributed by atoms with van der Waals surface area (Å²) in [5, 5.41) is 11.4. The minimum absolute atomic E-state index is 0.0147. The second kappa shape index (κ2) is 5.21. The molecule has 23 heavy (non-hydrogen) atoms. The standard InChI is InChI=1S/C21H31BrO/c1-4-14-8-10-16-17-11-9-15-7-5-6-12-20(15,3)21(17,22)18(23)13-19(14,16)2/h6-7,12,14,16-18,23H,4-5,8-11,13H2,1-3H3/t14-,16-,17-,18-,19+,20-,21-/m0/s1. The topological polar surface area (TPSA) is 20.2 Å². The van der Waals surface area contributed by atoms with Crippen molar-refractivity contribution >= 4 is 15.9 Å². The van der Waals surface area contributed by atoms with Crippen LogP contribution in [0.15, 0.2) is 23.8 Å². The fourth-order valence-corrected chi connectivity index (χ4v) is 8.22. The van der Waals surface area contributed by atoms with Crippen molar-refractivity contribution in [1.82, 2.24) is 0 Å². The summed E-state index contributed by atoms with van der Waals surface area (Å²) >= 11 is 4.20. The Bertz CT molecular complexity index is 566. The second-order valence-corrected chi connectivity index (χ2v) is 10.3. The lowest BCUT2D eigenvalue weighted by molar-refractivity contribution is -0.0917. The molecule has 3 fully saturated rings. The Labute approximate surface area is 149 Å². The third kappa shape index (κ3) is 1.89. The number of halogens is 1. The number of hydrogen-bond acceptors (Lipinski definition) is 1. The van der Waals surface area contributed by atoms with E-state index in [0.717, 1.165) is 24.7 Å². The summed E-state index contributed by atoms with van der Waals surface area (Å²) in [5.74, 6) is 2.16. The molecule has 1 nitrogen and oxygen atoms in total. The molecule has 1 N–H and O–H groups in total. The predicted octanol–water partition coefficient (Wildman–Crippen LogP) is 5.63. The summed E-state index contributed by atoms with van der Waals surface area (Å²) < 4.78 is -0.173. The third-order valence-corrected chi connectivity index (χ3v) is 10.3. The molecule has 0 saturated heterocycles. The number of rotatable bonds is 1. The molecular formula is C21H31BrO. The minimum atomic E-state index is -0.252. The number of aliphatic hydroxyl groups excluding tert-OH is 1. The molecule has 0 spiro atoms. The van der Waals surface area contributed by atoms with Gasteiger partial charge in [0, 0.05) is 5.41 Å². The van der Waals surface area contributed by atoms with Gasteiger partial charge in [0.2, 0.25) is 0 Å². The van der Waals surface area contributed by atoms with Crippen LogP contribution in [0.25, 0.3) is 0 Å². The van der Waals surface area contributed by atoms with Gasteiger partial charge in [0.05, 0.1) is 10.4 Å². The highest BCUT2D eigenvalue weighted by Gasteiger charge is 2.67. The first kappa shape index (κ1) is 16.4. The minimum Gasteiger partial charge on any atom is -0.392 e. The van der Waals surface area contributed by atoms with Gasteiger partial charge in [0.15, 0.2) is 0 Å². The zero-order chi connectivity index (χ0) is 16.5. The van der Waals surface area contributed by atoms with Gasteiger partial charge in [-0.25, -0.2) is 0 Å². The number of alkyl halides is 1. The van der Waals surface area contributed by atoms with E-state index in [0.29, 0.717) is 11.3 Å². The highest BCUT2D eigenvalue weighted by molar-refractivity contribution is 9.10. The maximum atomic E-state index is 11.4. The average molecular weight is 379 g/mol. The maximum Gasteiger partial charge on any atom is 0.0713 e. The molecule has 3 saturated carbocycles. The first-order chi connectivity index (χ1) is 10.9. The average Bonchev–Trinajstić information content (AvgIpc) is 2.84. The Balaban J connectivity index is 1.80. The van der Waals surface area contributed by atoms with Crippen molar-refractivity contribution < 1.29 is 5.11 Å². The van der Waals surface area contributed by atoms with Crippen molar-refractivity contribution in [2.75, 3.05) is 0 Å². The van der Waals surface area contributed by atoms with Crippen LogP contribution in [0, 0.1) is 28.6 Å². The Morgan fingerprint density at radius 2 is 2.00 bits per heavy atom. The molecule has 4 aliphatic carbocycles. The smallest absolute Gasteiger partial charge is 0.0713 e. The first-order valence-electron chi connectivity index (χ1n) is 9.62. The van der Waals surface area contributed by atoms with Gasteiger partial charge in [0.1, 0.15) is 0 Å². The van der Waals surface area contributed by atoms with Crippen molar-refractivity contribution in [3.05, 3.63) is 23.8 Å². The van der Waals surface area contributed by atoms with Crippen molar-refractivity contribution in [2.45, 2.75) is 76.1 Å². The van der Waals surface area contributed by atoms with Gasteiger partial charge in [-0.05, 0) is 61.7 Å². The molecule has 2 heteroatoms. The van der Waals surface area contributed by atoms with Crippen LogP contribution in [0.3, 0.4) is 0 Å². The summed E-state index contributed by atoms with van der Waals surface area (Å²) in [7, 11) is 0. The lowest BCUT2D eigenvalue weighted by atomic mass is 9.46. The third-order valence-electron chi connectivity index (χ3n) is 8.38. The molecular weight excluding hydrogens is 348 g/mol. The van der Waals surface area contributed by atoms with Crippen molar-refractivity contribution in [3.63, 3.8) is 0 Å². The monoisotopic (exact) mass is 378 g/mol. The van der Waals surface area contributed by atoms with Gasteiger partial charge in [-0.2, -0.15) is 0 Å². The highest BCUT2D eigenvalue weighted by Crippen LogP contribution is 2.70. The number of fused-ring (bicyclic) bond motifs is 5. The van der Waals surface area contributed by atoms with E-state index in [1.54, 1.807) is 5.57 Å². The molecule has 0 amide bonds. The predicted molar refractivity (Wildman–Crippen MR) is 99.6 cm³/mol. The van der Waals surface area contributed by atoms with Crippen LogP contribution in [0.5, 0.6) is 0 Å². The summed E-state index contributed by atoms with van der Waals surface area (Å²) in [4.78, 5) is 0. The number of hydrogen-bond donors (Lipinski definition) is 1. The van der Waals surface area contributed by atoms with E-state index < -0.39 is 0 Å². The largest absolute Gasteiger partial charge is 0.392 e. The van der Waals surface area contributed by atoms with E-state index >= 15 is 0 Å². The SMILES string of the molecule is CC[C@H]1CC[C@H]2[C@@H]3CCC4=CCC=C[C@]4(C)[C@@]3(Br)[C@@H](O)C[C@]12C. The molecule has 0 aromatic carbocycles. The molecule has 0 radical (unpaired) electrons. The Hall–Kier alpha value is -0.0800. The molecule has 4 rings (SSSR count). The lowest BCUT2D eigenvalue weighted by Crippen LogP contribution is -2.65. The van der Waals surface area contributed by atoms with Crippen LogP contribution in [-0.2, 0) is 0 Å². The van der Waals surface area contributed by atoms with Crippen molar-refractivity contribution in [1.29, 1.82) is 0 Å². The van der Waals surface area contributed by atoms with Crippen molar-refractivity contribution in [3.8, 4) is 0 Å². The Kier molecular flexibility index (Phi) is 3.71. The molecule has 0 heterocycles. The van der Waals surface area contributed by atoms with E-state index in [2.05, 4.69) is 54.9 Å². The van der Waals surface area contributed by atoms with Crippen LogP contribution in [0.2, 0.25) is 0 Å². The molecule has 0 aromatic heterocycles. The number of aliphatic hydroxyl groups is 1. The molecule has 0 aromatic rings.